The van der Waals surface area contributed by atoms with E-state index >= 15 is 0 Å². The first kappa shape index (κ1) is 23.7. The average molecular weight is 457 g/mol. The zero-order valence-electron chi connectivity index (χ0n) is 18.8. The number of esters is 1. The van der Waals surface area contributed by atoms with Crippen molar-refractivity contribution in [1.82, 2.24) is 4.57 Å². The molecule has 3 rings (SSSR count). The molecule has 0 aliphatic heterocycles. The lowest BCUT2D eigenvalue weighted by Gasteiger charge is -2.09. The Morgan fingerprint density at radius 1 is 1.03 bits per heavy atom. The molecular formula is C24H28N2O5S. The van der Waals surface area contributed by atoms with E-state index < -0.39 is 0 Å². The Kier molecular flexibility index (Phi) is 8.19. The van der Waals surface area contributed by atoms with Crippen molar-refractivity contribution in [3.8, 4) is 5.75 Å². The summed E-state index contributed by atoms with van der Waals surface area (Å²) >= 11 is 1.35. The SMILES string of the molecule is CCOCCn1c(=NC(=O)c2ccc(OC(C)C)cc2)sc2cc(C(=O)OCC)ccc21. The minimum absolute atomic E-state index is 0.0589. The van der Waals surface area contributed by atoms with E-state index in [1.807, 2.05) is 31.4 Å². The van der Waals surface area contributed by atoms with E-state index in [1.54, 1.807) is 43.3 Å². The van der Waals surface area contributed by atoms with Crippen LogP contribution in [0.15, 0.2) is 47.5 Å². The standard InChI is InChI=1S/C24H28N2O5S/c1-5-29-14-13-26-20-12-9-18(23(28)30-6-2)15-21(20)32-24(26)25-22(27)17-7-10-19(11-8-17)31-16(3)4/h7-12,15-16H,5-6,13-14H2,1-4H3. The van der Waals surface area contributed by atoms with Gasteiger partial charge in [0.25, 0.3) is 5.91 Å². The Hall–Kier alpha value is -2.97. The molecule has 0 N–H and O–H groups in total. The second kappa shape index (κ2) is 11.1. The highest BCUT2D eigenvalue weighted by molar-refractivity contribution is 7.16. The molecule has 1 aromatic heterocycles. The van der Waals surface area contributed by atoms with E-state index in [2.05, 4.69) is 4.99 Å². The first-order valence-electron chi connectivity index (χ1n) is 10.7. The van der Waals surface area contributed by atoms with Gasteiger partial charge in [-0.15, -0.1) is 0 Å². The van der Waals surface area contributed by atoms with Crippen molar-refractivity contribution in [2.75, 3.05) is 19.8 Å². The van der Waals surface area contributed by atoms with E-state index in [1.165, 1.54) is 11.3 Å². The van der Waals surface area contributed by atoms with Crippen LogP contribution in [-0.4, -0.2) is 42.4 Å². The van der Waals surface area contributed by atoms with Gasteiger partial charge in [0.2, 0.25) is 0 Å². The highest BCUT2D eigenvalue weighted by atomic mass is 32.1. The number of amides is 1. The summed E-state index contributed by atoms with van der Waals surface area (Å²) in [5.74, 6) is -0.0120. The van der Waals surface area contributed by atoms with Crippen LogP contribution in [0.3, 0.4) is 0 Å². The summed E-state index contributed by atoms with van der Waals surface area (Å²) in [5.41, 5.74) is 1.83. The average Bonchev–Trinajstić information content (AvgIpc) is 3.10. The Labute approximate surface area is 191 Å². The summed E-state index contributed by atoms with van der Waals surface area (Å²) in [7, 11) is 0. The van der Waals surface area contributed by atoms with Crippen molar-refractivity contribution in [3.63, 3.8) is 0 Å². The van der Waals surface area contributed by atoms with Crippen molar-refractivity contribution >= 4 is 33.4 Å². The molecule has 0 saturated heterocycles. The number of thiazole rings is 1. The molecule has 0 aliphatic rings. The van der Waals surface area contributed by atoms with Crippen molar-refractivity contribution in [2.45, 2.75) is 40.3 Å². The third-order valence-electron chi connectivity index (χ3n) is 4.53. The minimum Gasteiger partial charge on any atom is -0.491 e. The number of hydrogen-bond donors (Lipinski definition) is 0. The number of ether oxygens (including phenoxy) is 3. The van der Waals surface area contributed by atoms with Gasteiger partial charge in [0.15, 0.2) is 4.80 Å². The predicted molar refractivity (Wildman–Crippen MR) is 124 cm³/mol. The lowest BCUT2D eigenvalue weighted by atomic mass is 10.2. The number of fused-ring (bicyclic) bond motifs is 1. The fourth-order valence-electron chi connectivity index (χ4n) is 3.12. The summed E-state index contributed by atoms with van der Waals surface area (Å²) in [5, 5.41) is 0. The minimum atomic E-state index is -0.373. The molecule has 1 heterocycles. The molecule has 0 saturated carbocycles. The van der Waals surface area contributed by atoms with Gasteiger partial charge in [-0.3, -0.25) is 4.79 Å². The lowest BCUT2D eigenvalue weighted by Crippen LogP contribution is -2.19. The van der Waals surface area contributed by atoms with Gasteiger partial charge in [-0.25, -0.2) is 4.79 Å². The maximum atomic E-state index is 12.8. The quantitative estimate of drug-likeness (QED) is 0.351. The van der Waals surface area contributed by atoms with Crippen molar-refractivity contribution in [1.29, 1.82) is 0 Å². The van der Waals surface area contributed by atoms with Gasteiger partial charge < -0.3 is 18.8 Å². The number of hydrogen-bond acceptors (Lipinski definition) is 6. The van der Waals surface area contributed by atoms with E-state index in [0.29, 0.717) is 48.0 Å². The fraction of sp³-hybridized carbons (Fsp3) is 0.375. The topological polar surface area (TPSA) is 79.1 Å². The summed E-state index contributed by atoms with van der Waals surface area (Å²) in [6.07, 6.45) is 0.0589. The summed E-state index contributed by atoms with van der Waals surface area (Å²) < 4.78 is 19.0. The molecule has 0 spiro atoms. The Bertz CT molecular complexity index is 1150. The van der Waals surface area contributed by atoms with Crippen LogP contribution < -0.4 is 9.54 Å². The van der Waals surface area contributed by atoms with Crippen LogP contribution in [0.1, 0.15) is 48.4 Å². The Balaban J connectivity index is 1.98. The van der Waals surface area contributed by atoms with Crippen LogP contribution in [0.4, 0.5) is 0 Å². The van der Waals surface area contributed by atoms with Crippen LogP contribution in [0, 0.1) is 0 Å². The van der Waals surface area contributed by atoms with Crippen LogP contribution in [0.25, 0.3) is 10.2 Å². The lowest BCUT2D eigenvalue weighted by molar-refractivity contribution is 0.0526. The molecule has 3 aromatic rings. The van der Waals surface area contributed by atoms with Crippen molar-refractivity contribution in [2.24, 2.45) is 4.99 Å². The van der Waals surface area contributed by atoms with Crippen LogP contribution >= 0.6 is 11.3 Å². The third kappa shape index (κ3) is 5.83. The fourth-order valence-corrected chi connectivity index (χ4v) is 4.21. The number of nitrogens with zero attached hydrogens (tertiary/aromatic N) is 2. The highest BCUT2D eigenvalue weighted by Gasteiger charge is 2.13. The smallest absolute Gasteiger partial charge is 0.338 e. The van der Waals surface area contributed by atoms with E-state index in [0.717, 1.165) is 10.2 Å². The largest absolute Gasteiger partial charge is 0.491 e. The van der Waals surface area contributed by atoms with Crippen molar-refractivity contribution in [3.05, 3.63) is 58.4 Å². The Morgan fingerprint density at radius 3 is 2.41 bits per heavy atom. The first-order valence-corrected chi connectivity index (χ1v) is 11.5. The molecule has 8 heteroatoms. The van der Waals surface area contributed by atoms with Gasteiger partial charge in [0, 0.05) is 18.7 Å². The molecule has 170 valence electrons. The molecule has 7 nitrogen and oxygen atoms in total. The number of carbonyl (C=O) groups excluding carboxylic acids is 2. The summed E-state index contributed by atoms with van der Waals surface area (Å²) in [4.78, 5) is 29.9. The van der Waals surface area contributed by atoms with Gasteiger partial charge in [-0.2, -0.15) is 4.99 Å². The second-order valence-electron chi connectivity index (χ2n) is 7.24. The molecule has 0 fully saturated rings. The van der Waals surface area contributed by atoms with E-state index in [4.69, 9.17) is 14.2 Å². The third-order valence-corrected chi connectivity index (χ3v) is 5.57. The maximum absolute atomic E-state index is 12.8. The molecule has 2 aromatic carbocycles. The molecule has 0 unspecified atom stereocenters. The van der Waals surface area contributed by atoms with E-state index in [9.17, 15) is 9.59 Å². The van der Waals surface area contributed by atoms with Crippen LogP contribution in [-0.2, 0) is 16.0 Å². The number of rotatable bonds is 9. The van der Waals surface area contributed by atoms with Gasteiger partial charge in [-0.05, 0) is 70.2 Å². The summed E-state index contributed by atoms with van der Waals surface area (Å²) in [6, 6.07) is 12.3. The van der Waals surface area contributed by atoms with Gasteiger partial charge >= 0.3 is 5.97 Å². The normalized spacial score (nSPS) is 11.8. The Morgan fingerprint density at radius 2 is 1.75 bits per heavy atom. The number of aromatic nitrogens is 1. The maximum Gasteiger partial charge on any atom is 0.338 e. The van der Waals surface area contributed by atoms with Gasteiger partial charge in [0.05, 0.1) is 35.1 Å². The molecule has 32 heavy (non-hydrogen) atoms. The zero-order chi connectivity index (χ0) is 23.1. The highest BCUT2D eigenvalue weighted by Crippen LogP contribution is 2.20. The molecule has 0 radical (unpaired) electrons. The zero-order valence-corrected chi connectivity index (χ0v) is 19.6. The van der Waals surface area contributed by atoms with Crippen LogP contribution in [0.5, 0.6) is 5.75 Å². The second-order valence-corrected chi connectivity index (χ2v) is 8.25. The molecule has 0 atom stereocenters. The molecule has 0 aliphatic carbocycles. The van der Waals surface area contributed by atoms with Gasteiger partial charge in [0.1, 0.15) is 5.75 Å². The molecular weight excluding hydrogens is 428 g/mol. The van der Waals surface area contributed by atoms with Gasteiger partial charge in [-0.1, -0.05) is 11.3 Å². The molecule has 1 amide bonds. The molecule has 0 bridgehead atoms. The predicted octanol–water partition coefficient (Wildman–Crippen LogP) is 4.44. The van der Waals surface area contributed by atoms with E-state index in [-0.39, 0.29) is 18.0 Å². The number of benzene rings is 2. The summed E-state index contributed by atoms with van der Waals surface area (Å²) in [6.45, 7) is 9.55. The van der Waals surface area contributed by atoms with Crippen LogP contribution in [0.2, 0.25) is 0 Å². The monoisotopic (exact) mass is 456 g/mol. The number of carbonyl (C=O) groups is 2. The first-order chi connectivity index (χ1) is 15.4. The van der Waals surface area contributed by atoms with Crippen molar-refractivity contribution < 1.29 is 23.8 Å².